The molecule has 1 aliphatic rings. The maximum absolute atomic E-state index is 12.5. The van der Waals surface area contributed by atoms with E-state index in [0.717, 1.165) is 24.8 Å². The molecular weight excluding hydrogens is 398 g/mol. The monoisotopic (exact) mass is 417 g/mol. The number of nitrogens with one attached hydrogen (secondary N) is 1. The second-order valence-electron chi connectivity index (χ2n) is 6.67. The number of hydrogen-bond acceptors (Lipinski definition) is 6. The SMILES string of the molecule is CC(=O)N1CCN(Cc2cccc(NC(=O)c3ccc([N+](=O)[O-])cc3Cl)n2)CC1. The molecule has 1 aromatic heterocycles. The minimum absolute atomic E-state index is 0.00352. The van der Waals surface area contributed by atoms with E-state index in [2.05, 4.69) is 15.2 Å². The summed E-state index contributed by atoms with van der Waals surface area (Å²) in [6, 6.07) is 9.00. The van der Waals surface area contributed by atoms with Gasteiger partial charge in [-0.1, -0.05) is 17.7 Å². The van der Waals surface area contributed by atoms with Gasteiger partial charge in [-0.15, -0.1) is 0 Å². The Morgan fingerprint density at radius 2 is 1.93 bits per heavy atom. The van der Waals surface area contributed by atoms with Crippen molar-refractivity contribution in [1.82, 2.24) is 14.8 Å². The van der Waals surface area contributed by atoms with Crippen LogP contribution in [0.2, 0.25) is 5.02 Å². The third-order valence-electron chi connectivity index (χ3n) is 4.66. The quantitative estimate of drug-likeness (QED) is 0.591. The molecule has 29 heavy (non-hydrogen) atoms. The highest BCUT2D eigenvalue weighted by Crippen LogP contribution is 2.23. The van der Waals surface area contributed by atoms with Crippen LogP contribution >= 0.6 is 11.6 Å². The fraction of sp³-hybridized carbons (Fsp3) is 0.316. The predicted molar refractivity (Wildman–Crippen MR) is 108 cm³/mol. The molecule has 0 unspecified atom stereocenters. The average Bonchev–Trinajstić information content (AvgIpc) is 2.68. The van der Waals surface area contributed by atoms with Crippen LogP contribution in [-0.4, -0.2) is 57.7 Å². The lowest BCUT2D eigenvalue weighted by Crippen LogP contribution is -2.47. The Balaban J connectivity index is 1.63. The number of aromatic nitrogens is 1. The van der Waals surface area contributed by atoms with Crippen molar-refractivity contribution in [3.8, 4) is 0 Å². The second kappa shape index (κ2) is 8.97. The molecule has 1 N–H and O–H groups in total. The van der Waals surface area contributed by atoms with Crippen LogP contribution in [-0.2, 0) is 11.3 Å². The Kier molecular flexibility index (Phi) is 6.40. The van der Waals surface area contributed by atoms with E-state index >= 15 is 0 Å². The van der Waals surface area contributed by atoms with Crippen LogP contribution in [0.4, 0.5) is 11.5 Å². The van der Waals surface area contributed by atoms with Gasteiger partial charge in [0.1, 0.15) is 5.82 Å². The van der Waals surface area contributed by atoms with Crippen molar-refractivity contribution < 1.29 is 14.5 Å². The molecule has 1 fully saturated rings. The first-order valence-electron chi connectivity index (χ1n) is 9.02. The van der Waals surface area contributed by atoms with E-state index < -0.39 is 10.8 Å². The standard InChI is InChI=1S/C19H20ClN5O4/c1-13(26)24-9-7-23(8-10-24)12-14-3-2-4-18(21-14)22-19(27)16-6-5-15(25(28)29)11-17(16)20/h2-6,11H,7-10,12H2,1H3,(H,21,22,27). The van der Waals surface area contributed by atoms with E-state index in [1.165, 1.54) is 12.1 Å². The summed E-state index contributed by atoms with van der Waals surface area (Å²) in [6.07, 6.45) is 0. The topological polar surface area (TPSA) is 109 Å². The van der Waals surface area contributed by atoms with Gasteiger partial charge < -0.3 is 10.2 Å². The van der Waals surface area contributed by atoms with Gasteiger partial charge >= 0.3 is 0 Å². The number of benzene rings is 1. The zero-order valence-electron chi connectivity index (χ0n) is 15.8. The Bertz CT molecular complexity index is 944. The third kappa shape index (κ3) is 5.27. The number of nitro groups is 1. The van der Waals surface area contributed by atoms with E-state index in [-0.39, 0.29) is 22.2 Å². The summed E-state index contributed by atoms with van der Waals surface area (Å²) < 4.78 is 0. The number of amides is 2. The molecule has 1 aromatic carbocycles. The molecule has 0 atom stereocenters. The maximum atomic E-state index is 12.5. The van der Waals surface area contributed by atoms with Crippen LogP contribution in [0.3, 0.4) is 0 Å². The number of nitro benzene ring substituents is 1. The van der Waals surface area contributed by atoms with Crippen molar-refractivity contribution in [2.45, 2.75) is 13.5 Å². The Hall–Kier alpha value is -3.04. The van der Waals surface area contributed by atoms with Crippen LogP contribution in [0.1, 0.15) is 23.0 Å². The normalized spacial score (nSPS) is 14.5. The van der Waals surface area contributed by atoms with Crippen LogP contribution in [0.25, 0.3) is 0 Å². The van der Waals surface area contributed by atoms with Gasteiger partial charge in [-0.2, -0.15) is 0 Å². The zero-order chi connectivity index (χ0) is 21.0. The highest BCUT2D eigenvalue weighted by molar-refractivity contribution is 6.34. The number of carbonyl (C=O) groups excluding carboxylic acids is 2. The van der Waals surface area contributed by atoms with Crippen LogP contribution in [0, 0.1) is 10.1 Å². The van der Waals surface area contributed by atoms with Crippen molar-refractivity contribution in [2.24, 2.45) is 0 Å². The molecule has 3 rings (SSSR count). The summed E-state index contributed by atoms with van der Waals surface area (Å²) in [5, 5.41) is 13.5. The second-order valence-corrected chi connectivity index (χ2v) is 7.08. The fourth-order valence-electron chi connectivity index (χ4n) is 3.07. The first-order valence-corrected chi connectivity index (χ1v) is 9.40. The number of nitrogens with zero attached hydrogens (tertiary/aromatic N) is 4. The third-order valence-corrected chi connectivity index (χ3v) is 4.97. The molecule has 2 heterocycles. The van der Waals surface area contributed by atoms with Crippen LogP contribution in [0.15, 0.2) is 36.4 Å². The smallest absolute Gasteiger partial charge is 0.270 e. The lowest BCUT2D eigenvalue weighted by Gasteiger charge is -2.33. The molecular formula is C19H20ClN5O4. The Labute approximate surface area is 172 Å². The molecule has 2 amide bonds. The molecule has 0 spiro atoms. The number of anilines is 1. The van der Waals surface area contributed by atoms with E-state index in [0.29, 0.717) is 25.5 Å². The first-order chi connectivity index (χ1) is 13.8. The number of piperazine rings is 1. The molecule has 1 aliphatic heterocycles. The highest BCUT2D eigenvalue weighted by Gasteiger charge is 2.19. The number of halogens is 1. The number of rotatable bonds is 5. The molecule has 0 radical (unpaired) electrons. The molecule has 9 nitrogen and oxygen atoms in total. The lowest BCUT2D eigenvalue weighted by molar-refractivity contribution is -0.384. The molecule has 0 saturated carbocycles. The van der Waals surface area contributed by atoms with Gasteiger partial charge in [0.05, 0.1) is 21.2 Å². The predicted octanol–water partition coefficient (Wildman–Crippen LogP) is 2.56. The van der Waals surface area contributed by atoms with Gasteiger partial charge in [-0.3, -0.25) is 24.6 Å². The fourth-order valence-corrected chi connectivity index (χ4v) is 3.33. The van der Waals surface area contributed by atoms with Gasteiger partial charge in [-0.05, 0) is 18.2 Å². The minimum atomic E-state index is -0.575. The largest absolute Gasteiger partial charge is 0.340 e. The van der Waals surface area contributed by atoms with E-state index in [4.69, 9.17) is 11.6 Å². The van der Waals surface area contributed by atoms with Crippen molar-refractivity contribution in [2.75, 3.05) is 31.5 Å². The van der Waals surface area contributed by atoms with Gasteiger partial charge in [-0.25, -0.2) is 4.98 Å². The number of hydrogen-bond donors (Lipinski definition) is 1. The van der Waals surface area contributed by atoms with E-state index in [9.17, 15) is 19.7 Å². The van der Waals surface area contributed by atoms with Gasteiger partial charge in [0.15, 0.2) is 0 Å². The first kappa shape index (κ1) is 20.7. The summed E-state index contributed by atoms with van der Waals surface area (Å²) in [5.41, 5.74) is 0.732. The Morgan fingerprint density at radius 1 is 1.21 bits per heavy atom. The molecule has 1 saturated heterocycles. The highest BCUT2D eigenvalue weighted by atomic mass is 35.5. The van der Waals surface area contributed by atoms with Crippen molar-refractivity contribution >= 4 is 34.9 Å². The Morgan fingerprint density at radius 3 is 2.55 bits per heavy atom. The number of pyridine rings is 1. The molecule has 0 bridgehead atoms. The zero-order valence-corrected chi connectivity index (χ0v) is 16.6. The average molecular weight is 418 g/mol. The summed E-state index contributed by atoms with van der Waals surface area (Å²) in [4.78, 5) is 42.6. The number of non-ortho nitro benzene ring substituents is 1. The summed E-state index contributed by atoms with van der Waals surface area (Å²) in [6.45, 7) is 5.07. The summed E-state index contributed by atoms with van der Waals surface area (Å²) in [5.74, 6) is -0.0497. The van der Waals surface area contributed by atoms with Gasteiger partial charge in [0.25, 0.3) is 11.6 Å². The van der Waals surface area contributed by atoms with Crippen LogP contribution < -0.4 is 5.32 Å². The minimum Gasteiger partial charge on any atom is -0.340 e. The van der Waals surface area contributed by atoms with Crippen molar-refractivity contribution in [3.63, 3.8) is 0 Å². The van der Waals surface area contributed by atoms with Gasteiger partial charge in [0, 0.05) is 51.8 Å². The maximum Gasteiger partial charge on any atom is 0.270 e. The molecule has 10 heteroatoms. The van der Waals surface area contributed by atoms with Crippen LogP contribution in [0.5, 0.6) is 0 Å². The van der Waals surface area contributed by atoms with Crippen molar-refractivity contribution in [1.29, 1.82) is 0 Å². The molecule has 2 aromatic rings. The van der Waals surface area contributed by atoms with E-state index in [1.807, 2.05) is 11.0 Å². The summed E-state index contributed by atoms with van der Waals surface area (Å²) in [7, 11) is 0. The molecule has 152 valence electrons. The van der Waals surface area contributed by atoms with Crippen molar-refractivity contribution in [3.05, 3.63) is 62.8 Å². The lowest BCUT2D eigenvalue weighted by atomic mass is 10.2. The molecule has 0 aliphatic carbocycles. The van der Waals surface area contributed by atoms with Gasteiger partial charge in [0.2, 0.25) is 5.91 Å². The number of carbonyl (C=O) groups is 2. The summed E-state index contributed by atoms with van der Waals surface area (Å²) >= 11 is 6.01. The van der Waals surface area contributed by atoms with E-state index in [1.54, 1.807) is 19.1 Å².